The third-order valence-corrected chi connectivity index (χ3v) is 4.32. The van der Waals surface area contributed by atoms with E-state index in [1.165, 1.54) is 43.0 Å². The van der Waals surface area contributed by atoms with Gasteiger partial charge in [-0.15, -0.1) is 0 Å². The molecule has 1 aromatic heterocycles. The molecule has 106 valence electrons. The number of anilines is 1. The summed E-state index contributed by atoms with van der Waals surface area (Å²) in [5.41, 5.74) is 6.26. The zero-order valence-corrected chi connectivity index (χ0v) is 11.9. The summed E-state index contributed by atoms with van der Waals surface area (Å²) < 4.78 is 1.52. The van der Waals surface area contributed by atoms with Crippen molar-refractivity contribution in [2.75, 3.05) is 12.3 Å². The van der Waals surface area contributed by atoms with Gasteiger partial charge in [-0.25, -0.2) is 0 Å². The van der Waals surface area contributed by atoms with Gasteiger partial charge in [-0.2, -0.15) is 5.10 Å². The Kier molecular flexibility index (Phi) is 4.45. The number of hydrogen-bond donors (Lipinski definition) is 2. The Bertz CT molecular complexity index is 433. The van der Waals surface area contributed by atoms with Crippen LogP contribution in [0.5, 0.6) is 0 Å². The summed E-state index contributed by atoms with van der Waals surface area (Å²) in [6.07, 6.45) is 7.85. The van der Waals surface area contributed by atoms with Crippen molar-refractivity contribution >= 4 is 11.7 Å². The van der Waals surface area contributed by atoms with E-state index in [0.29, 0.717) is 17.3 Å². The van der Waals surface area contributed by atoms with Crippen molar-refractivity contribution in [2.45, 2.75) is 39.0 Å². The number of nitrogens with two attached hydrogens (primary N) is 1. The van der Waals surface area contributed by atoms with Crippen LogP contribution in [0.4, 0.5) is 5.82 Å². The molecule has 1 fully saturated rings. The number of aryl methyl sites for hydroxylation is 1. The van der Waals surface area contributed by atoms with Crippen LogP contribution in [0.2, 0.25) is 0 Å². The number of carbonyl (C=O) groups is 1. The molecule has 0 radical (unpaired) electrons. The minimum Gasteiger partial charge on any atom is -0.383 e. The van der Waals surface area contributed by atoms with E-state index < -0.39 is 0 Å². The second-order valence-corrected chi connectivity index (χ2v) is 5.57. The highest BCUT2D eigenvalue weighted by Crippen LogP contribution is 2.30. The molecule has 1 aliphatic rings. The SMILES string of the molecule is CCC1CCC(CNC(=O)c2cnn(C)c2N)CC1. The first kappa shape index (κ1) is 13.9. The maximum Gasteiger partial charge on any atom is 0.256 e. The van der Waals surface area contributed by atoms with Crippen LogP contribution in [0.1, 0.15) is 49.4 Å². The Morgan fingerprint density at radius 3 is 2.58 bits per heavy atom. The number of rotatable bonds is 4. The Balaban J connectivity index is 1.80. The van der Waals surface area contributed by atoms with Crippen molar-refractivity contribution < 1.29 is 4.79 Å². The molecule has 0 atom stereocenters. The summed E-state index contributed by atoms with van der Waals surface area (Å²) in [4.78, 5) is 12.0. The van der Waals surface area contributed by atoms with Crippen molar-refractivity contribution in [3.05, 3.63) is 11.8 Å². The molecule has 5 nitrogen and oxygen atoms in total. The van der Waals surface area contributed by atoms with E-state index in [-0.39, 0.29) is 5.91 Å². The molecule has 1 aliphatic carbocycles. The smallest absolute Gasteiger partial charge is 0.256 e. The van der Waals surface area contributed by atoms with Gasteiger partial charge in [0, 0.05) is 13.6 Å². The molecular formula is C14H24N4O. The molecule has 1 saturated carbocycles. The van der Waals surface area contributed by atoms with Crippen LogP contribution in [0, 0.1) is 11.8 Å². The van der Waals surface area contributed by atoms with Gasteiger partial charge in [-0.1, -0.05) is 26.2 Å². The number of aromatic nitrogens is 2. The number of nitrogen functional groups attached to an aromatic ring is 1. The molecule has 0 spiro atoms. The molecule has 0 aliphatic heterocycles. The number of nitrogens with one attached hydrogen (secondary N) is 1. The number of hydrogen-bond acceptors (Lipinski definition) is 3. The van der Waals surface area contributed by atoms with E-state index in [1.807, 2.05) is 0 Å². The van der Waals surface area contributed by atoms with Gasteiger partial charge in [-0.05, 0) is 24.7 Å². The predicted molar refractivity (Wildman–Crippen MR) is 75.7 cm³/mol. The highest BCUT2D eigenvalue weighted by Gasteiger charge is 2.21. The second kappa shape index (κ2) is 6.08. The first-order valence-electron chi connectivity index (χ1n) is 7.17. The van der Waals surface area contributed by atoms with E-state index in [0.717, 1.165) is 12.5 Å². The monoisotopic (exact) mass is 264 g/mol. The summed E-state index contributed by atoms with van der Waals surface area (Å²) in [6, 6.07) is 0. The van der Waals surface area contributed by atoms with Gasteiger partial charge in [0.05, 0.1) is 6.20 Å². The number of carbonyl (C=O) groups excluding carboxylic acids is 1. The molecule has 1 amide bonds. The molecule has 1 aromatic rings. The third kappa shape index (κ3) is 3.28. The van der Waals surface area contributed by atoms with Gasteiger partial charge in [0.15, 0.2) is 0 Å². The largest absolute Gasteiger partial charge is 0.383 e. The lowest BCUT2D eigenvalue weighted by molar-refractivity contribution is 0.0942. The van der Waals surface area contributed by atoms with Crippen LogP contribution in [-0.2, 0) is 7.05 Å². The van der Waals surface area contributed by atoms with Crippen molar-refractivity contribution in [1.29, 1.82) is 0 Å². The summed E-state index contributed by atoms with van der Waals surface area (Å²) in [6.45, 7) is 3.02. The van der Waals surface area contributed by atoms with Gasteiger partial charge < -0.3 is 11.1 Å². The standard InChI is InChI=1S/C14H24N4O/c1-3-10-4-6-11(7-5-10)8-16-14(19)12-9-17-18(2)13(12)15/h9-11H,3-8,15H2,1-2H3,(H,16,19). The summed E-state index contributed by atoms with van der Waals surface area (Å²) >= 11 is 0. The lowest BCUT2D eigenvalue weighted by Gasteiger charge is -2.27. The maximum atomic E-state index is 12.0. The lowest BCUT2D eigenvalue weighted by Crippen LogP contribution is -2.31. The lowest BCUT2D eigenvalue weighted by atomic mass is 9.81. The van der Waals surface area contributed by atoms with E-state index in [1.54, 1.807) is 7.05 Å². The topological polar surface area (TPSA) is 72.9 Å². The highest BCUT2D eigenvalue weighted by molar-refractivity contribution is 5.98. The third-order valence-electron chi connectivity index (χ3n) is 4.32. The van der Waals surface area contributed by atoms with Crippen molar-refractivity contribution in [1.82, 2.24) is 15.1 Å². The average molecular weight is 264 g/mol. The maximum absolute atomic E-state index is 12.0. The summed E-state index contributed by atoms with van der Waals surface area (Å²) in [5.74, 6) is 1.82. The fraction of sp³-hybridized carbons (Fsp3) is 0.714. The quantitative estimate of drug-likeness (QED) is 0.873. The van der Waals surface area contributed by atoms with E-state index in [2.05, 4.69) is 17.3 Å². The van der Waals surface area contributed by atoms with Crippen LogP contribution < -0.4 is 11.1 Å². The number of amides is 1. The molecule has 0 saturated heterocycles. The highest BCUT2D eigenvalue weighted by atomic mass is 16.1. The van der Waals surface area contributed by atoms with E-state index in [4.69, 9.17) is 5.73 Å². The molecule has 0 aromatic carbocycles. The second-order valence-electron chi connectivity index (χ2n) is 5.57. The Morgan fingerprint density at radius 2 is 2.05 bits per heavy atom. The summed E-state index contributed by atoms with van der Waals surface area (Å²) in [7, 11) is 1.73. The Morgan fingerprint density at radius 1 is 1.42 bits per heavy atom. The molecule has 5 heteroatoms. The fourth-order valence-corrected chi connectivity index (χ4v) is 2.80. The predicted octanol–water partition coefficient (Wildman–Crippen LogP) is 1.95. The van der Waals surface area contributed by atoms with Crippen LogP contribution in [0.15, 0.2) is 6.20 Å². The molecule has 2 rings (SSSR count). The van der Waals surface area contributed by atoms with Crippen LogP contribution in [0.3, 0.4) is 0 Å². The molecule has 3 N–H and O–H groups in total. The van der Waals surface area contributed by atoms with Crippen LogP contribution in [-0.4, -0.2) is 22.2 Å². The first-order valence-corrected chi connectivity index (χ1v) is 7.17. The zero-order chi connectivity index (χ0) is 13.8. The van der Waals surface area contributed by atoms with Gasteiger partial charge in [0.25, 0.3) is 5.91 Å². The minimum absolute atomic E-state index is 0.108. The van der Waals surface area contributed by atoms with Gasteiger partial charge in [-0.3, -0.25) is 9.48 Å². The Hall–Kier alpha value is -1.52. The van der Waals surface area contributed by atoms with Crippen molar-refractivity contribution in [2.24, 2.45) is 18.9 Å². The van der Waals surface area contributed by atoms with E-state index in [9.17, 15) is 4.79 Å². The van der Waals surface area contributed by atoms with Crippen LogP contribution in [0.25, 0.3) is 0 Å². The van der Waals surface area contributed by atoms with Crippen molar-refractivity contribution in [3.63, 3.8) is 0 Å². The van der Waals surface area contributed by atoms with E-state index >= 15 is 0 Å². The molecular weight excluding hydrogens is 240 g/mol. The molecule has 0 bridgehead atoms. The number of nitrogens with zero attached hydrogens (tertiary/aromatic N) is 2. The Labute approximate surface area is 114 Å². The summed E-state index contributed by atoms with van der Waals surface area (Å²) in [5, 5.41) is 6.97. The first-order chi connectivity index (χ1) is 9.11. The molecule has 19 heavy (non-hydrogen) atoms. The van der Waals surface area contributed by atoms with Crippen LogP contribution >= 0.6 is 0 Å². The minimum atomic E-state index is -0.108. The van der Waals surface area contributed by atoms with Gasteiger partial charge in [0.2, 0.25) is 0 Å². The fourth-order valence-electron chi connectivity index (χ4n) is 2.80. The average Bonchev–Trinajstić information content (AvgIpc) is 2.77. The van der Waals surface area contributed by atoms with Gasteiger partial charge in [0.1, 0.15) is 11.4 Å². The van der Waals surface area contributed by atoms with Gasteiger partial charge >= 0.3 is 0 Å². The molecule has 0 unspecified atom stereocenters. The molecule has 1 heterocycles. The van der Waals surface area contributed by atoms with Crippen molar-refractivity contribution in [3.8, 4) is 0 Å². The normalized spacial score (nSPS) is 23.3. The zero-order valence-electron chi connectivity index (χ0n) is 11.9.